The topological polar surface area (TPSA) is 55.1 Å². The normalized spacial score (nSPS) is 23.1. The van der Waals surface area contributed by atoms with Gasteiger partial charge in [0.05, 0.1) is 17.0 Å². The molecule has 0 spiro atoms. The highest BCUT2D eigenvalue weighted by atomic mass is 16.4. The number of imidazole rings is 1. The summed E-state index contributed by atoms with van der Waals surface area (Å²) in [6.45, 7) is 2.09. The van der Waals surface area contributed by atoms with Crippen molar-refractivity contribution in [1.29, 1.82) is 0 Å². The van der Waals surface area contributed by atoms with Crippen LogP contribution in [0.3, 0.4) is 0 Å². The van der Waals surface area contributed by atoms with E-state index in [1.54, 1.807) is 0 Å². The number of aryl methyl sites for hydroxylation is 2. The van der Waals surface area contributed by atoms with E-state index in [1.807, 2.05) is 19.2 Å². The Morgan fingerprint density at radius 2 is 2.21 bits per heavy atom. The van der Waals surface area contributed by atoms with Gasteiger partial charge < -0.3 is 9.67 Å². The van der Waals surface area contributed by atoms with E-state index in [1.165, 1.54) is 5.56 Å². The molecule has 0 aliphatic heterocycles. The molecule has 0 bridgehead atoms. The number of fused-ring (bicyclic) bond motifs is 1. The molecule has 2 unspecified atom stereocenters. The summed E-state index contributed by atoms with van der Waals surface area (Å²) < 4.78 is 2.14. The molecule has 1 N–H and O–H groups in total. The zero-order valence-electron chi connectivity index (χ0n) is 11.3. The minimum atomic E-state index is -0.669. The number of rotatable bonds is 2. The SMILES string of the molecule is Cc1cccc2nc(C3CCC(C(=O)O)C3)n(C)c12. The van der Waals surface area contributed by atoms with Gasteiger partial charge in [-0.3, -0.25) is 4.79 Å². The van der Waals surface area contributed by atoms with Crippen molar-refractivity contribution in [2.24, 2.45) is 13.0 Å². The number of aromatic nitrogens is 2. The Morgan fingerprint density at radius 1 is 1.42 bits per heavy atom. The molecule has 19 heavy (non-hydrogen) atoms. The molecule has 1 fully saturated rings. The highest BCUT2D eigenvalue weighted by Crippen LogP contribution is 2.38. The van der Waals surface area contributed by atoms with Gasteiger partial charge in [-0.2, -0.15) is 0 Å². The average molecular weight is 258 g/mol. The van der Waals surface area contributed by atoms with E-state index in [-0.39, 0.29) is 11.8 Å². The minimum Gasteiger partial charge on any atom is -0.481 e. The minimum absolute atomic E-state index is 0.203. The highest BCUT2D eigenvalue weighted by molar-refractivity contribution is 5.79. The molecule has 1 heterocycles. The number of hydrogen-bond donors (Lipinski definition) is 1. The molecule has 2 atom stereocenters. The van der Waals surface area contributed by atoms with Gasteiger partial charge in [0.25, 0.3) is 0 Å². The van der Waals surface area contributed by atoms with Crippen LogP contribution in [0.2, 0.25) is 0 Å². The van der Waals surface area contributed by atoms with Crippen LogP contribution in [-0.2, 0) is 11.8 Å². The molecule has 3 rings (SSSR count). The summed E-state index contributed by atoms with van der Waals surface area (Å²) in [5.41, 5.74) is 3.39. The van der Waals surface area contributed by atoms with E-state index < -0.39 is 5.97 Å². The van der Waals surface area contributed by atoms with Gasteiger partial charge in [0.2, 0.25) is 0 Å². The maximum atomic E-state index is 11.1. The molecule has 1 aliphatic rings. The Hall–Kier alpha value is -1.84. The maximum Gasteiger partial charge on any atom is 0.306 e. The summed E-state index contributed by atoms with van der Waals surface area (Å²) >= 11 is 0. The largest absolute Gasteiger partial charge is 0.481 e. The molecular formula is C15H18N2O2. The molecule has 2 aromatic rings. The molecule has 0 saturated heterocycles. The smallest absolute Gasteiger partial charge is 0.306 e. The lowest BCUT2D eigenvalue weighted by atomic mass is 10.0. The van der Waals surface area contributed by atoms with Crippen molar-refractivity contribution >= 4 is 17.0 Å². The van der Waals surface area contributed by atoms with Crippen molar-refractivity contribution in [3.63, 3.8) is 0 Å². The molecule has 1 aromatic heterocycles. The molecule has 0 amide bonds. The fourth-order valence-corrected chi connectivity index (χ4v) is 3.29. The van der Waals surface area contributed by atoms with Crippen LogP contribution in [0.15, 0.2) is 18.2 Å². The number of aliphatic carboxylic acids is 1. The van der Waals surface area contributed by atoms with Crippen LogP contribution in [-0.4, -0.2) is 20.6 Å². The lowest BCUT2D eigenvalue weighted by Gasteiger charge is -2.10. The molecule has 4 heteroatoms. The summed E-state index contributed by atoms with van der Waals surface area (Å²) in [5, 5.41) is 9.10. The fraction of sp³-hybridized carbons (Fsp3) is 0.467. The molecule has 0 radical (unpaired) electrons. The zero-order chi connectivity index (χ0) is 13.6. The van der Waals surface area contributed by atoms with Gasteiger partial charge in [-0.15, -0.1) is 0 Å². The monoisotopic (exact) mass is 258 g/mol. The fourth-order valence-electron chi connectivity index (χ4n) is 3.29. The van der Waals surface area contributed by atoms with Crippen molar-refractivity contribution in [3.05, 3.63) is 29.6 Å². The summed E-state index contributed by atoms with van der Waals surface area (Å²) in [6, 6.07) is 6.13. The Labute approximate surface area is 112 Å². The molecule has 1 aliphatic carbocycles. The number of para-hydroxylation sites is 1. The number of carboxylic acids is 1. The highest BCUT2D eigenvalue weighted by Gasteiger charge is 2.33. The van der Waals surface area contributed by atoms with Gasteiger partial charge in [-0.1, -0.05) is 12.1 Å². The first-order valence-electron chi connectivity index (χ1n) is 6.72. The maximum absolute atomic E-state index is 11.1. The Bertz CT molecular complexity index is 645. The Kier molecular flexibility index (Phi) is 2.81. The Morgan fingerprint density at radius 3 is 2.84 bits per heavy atom. The Balaban J connectivity index is 2.00. The summed E-state index contributed by atoms with van der Waals surface area (Å²) in [5.74, 6) is 0.439. The zero-order valence-corrected chi connectivity index (χ0v) is 11.3. The number of nitrogens with zero attached hydrogens (tertiary/aromatic N) is 2. The van der Waals surface area contributed by atoms with E-state index in [0.717, 1.165) is 29.7 Å². The third-order valence-electron chi connectivity index (χ3n) is 4.28. The second-order valence-corrected chi connectivity index (χ2v) is 5.52. The molecule has 100 valence electrons. The van der Waals surface area contributed by atoms with Crippen LogP contribution >= 0.6 is 0 Å². The third kappa shape index (κ3) is 1.91. The first kappa shape index (κ1) is 12.2. The predicted molar refractivity (Wildman–Crippen MR) is 73.2 cm³/mol. The quantitative estimate of drug-likeness (QED) is 0.901. The first-order valence-corrected chi connectivity index (χ1v) is 6.72. The molecule has 1 aromatic carbocycles. The van der Waals surface area contributed by atoms with Crippen LogP contribution in [0.1, 0.15) is 36.6 Å². The van der Waals surface area contributed by atoms with Crippen LogP contribution in [0.4, 0.5) is 0 Å². The van der Waals surface area contributed by atoms with Crippen molar-refractivity contribution < 1.29 is 9.90 Å². The lowest BCUT2D eigenvalue weighted by molar-refractivity contribution is -0.141. The number of carboxylic acid groups (broad SMARTS) is 1. The van der Waals surface area contributed by atoms with Gasteiger partial charge in [0.15, 0.2) is 0 Å². The predicted octanol–water partition coefficient (Wildman–Crippen LogP) is 2.85. The van der Waals surface area contributed by atoms with E-state index in [2.05, 4.69) is 17.6 Å². The second-order valence-electron chi connectivity index (χ2n) is 5.52. The van der Waals surface area contributed by atoms with Crippen molar-refractivity contribution in [2.45, 2.75) is 32.1 Å². The number of hydrogen-bond acceptors (Lipinski definition) is 2. The second kappa shape index (κ2) is 4.37. The van der Waals surface area contributed by atoms with Crippen LogP contribution < -0.4 is 0 Å². The summed E-state index contributed by atoms with van der Waals surface area (Å²) in [4.78, 5) is 15.8. The van der Waals surface area contributed by atoms with E-state index in [9.17, 15) is 4.79 Å². The average Bonchev–Trinajstić information content (AvgIpc) is 2.95. The molecule has 4 nitrogen and oxygen atoms in total. The van der Waals surface area contributed by atoms with Crippen LogP contribution in [0, 0.1) is 12.8 Å². The third-order valence-corrected chi connectivity index (χ3v) is 4.28. The molecular weight excluding hydrogens is 240 g/mol. The van der Waals surface area contributed by atoms with Gasteiger partial charge in [0.1, 0.15) is 5.82 Å². The van der Waals surface area contributed by atoms with Gasteiger partial charge in [-0.05, 0) is 37.8 Å². The van der Waals surface area contributed by atoms with E-state index in [0.29, 0.717) is 6.42 Å². The summed E-state index contributed by atoms with van der Waals surface area (Å²) in [7, 11) is 2.03. The van der Waals surface area contributed by atoms with Crippen LogP contribution in [0.5, 0.6) is 0 Å². The van der Waals surface area contributed by atoms with E-state index >= 15 is 0 Å². The van der Waals surface area contributed by atoms with Gasteiger partial charge in [0, 0.05) is 13.0 Å². The summed E-state index contributed by atoms with van der Waals surface area (Å²) in [6.07, 6.45) is 2.40. The van der Waals surface area contributed by atoms with E-state index in [4.69, 9.17) is 10.1 Å². The van der Waals surface area contributed by atoms with Gasteiger partial charge >= 0.3 is 5.97 Å². The van der Waals surface area contributed by atoms with Gasteiger partial charge in [-0.25, -0.2) is 4.98 Å². The molecule has 1 saturated carbocycles. The first-order chi connectivity index (χ1) is 9.08. The van der Waals surface area contributed by atoms with Crippen LogP contribution in [0.25, 0.3) is 11.0 Å². The lowest BCUT2D eigenvalue weighted by Crippen LogP contribution is -2.10. The number of carbonyl (C=O) groups is 1. The van der Waals surface area contributed by atoms with Crippen molar-refractivity contribution in [3.8, 4) is 0 Å². The standard InChI is InChI=1S/C15H18N2O2/c1-9-4-3-5-12-13(9)17(2)14(16-12)10-6-7-11(8-10)15(18)19/h3-5,10-11H,6-8H2,1-2H3,(H,18,19). The number of benzene rings is 1. The van der Waals surface area contributed by atoms with Crippen molar-refractivity contribution in [2.75, 3.05) is 0 Å². The van der Waals surface area contributed by atoms with Crippen molar-refractivity contribution in [1.82, 2.24) is 9.55 Å².